The minimum atomic E-state index is 0. The highest BCUT2D eigenvalue weighted by Crippen LogP contribution is 1.94. The second-order valence-corrected chi connectivity index (χ2v) is 2.07. The van der Waals surface area contributed by atoms with Crippen LogP contribution in [0.15, 0.2) is 0 Å². The van der Waals surface area contributed by atoms with Crippen molar-refractivity contribution in [1.29, 1.82) is 0 Å². The van der Waals surface area contributed by atoms with Crippen LogP contribution in [0.2, 0.25) is 5.28 Å². The van der Waals surface area contributed by atoms with Gasteiger partial charge in [0, 0.05) is 1.43 Å². The SMILES string of the molecule is CCCC[CH2][Al].[HH]. The zero-order chi connectivity index (χ0) is 4.83. The normalized spacial score (nSPS) is 8.83. The molecule has 0 heterocycles. The van der Waals surface area contributed by atoms with Crippen molar-refractivity contribution in [3.05, 3.63) is 0 Å². The summed E-state index contributed by atoms with van der Waals surface area (Å²) in [5.41, 5.74) is 0. The minimum Gasteiger partial charge on any atom is -0.118 e. The molecule has 0 nitrogen and oxygen atoms in total. The van der Waals surface area contributed by atoms with Crippen LogP contribution in [0, 0.1) is 0 Å². The fourth-order valence-electron chi connectivity index (χ4n) is 0.394. The van der Waals surface area contributed by atoms with Gasteiger partial charge < -0.3 is 0 Å². The van der Waals surface area contributed by atoms with Crippen molar-refractivity contribution in [3.8, 4) is 0 Å². The summed E-state index contributed by atoms with van der Waals surface area (Å²) in [6, 6.07) is 0. The molecule has 0 rings (SSSR count). The van der Waals surface area contributed by atoms with E-state index in [2.05, 4.69) is 23.2 Å². The lowest BCUT2D eigenvalue weighted by atomic mass is 10.3. The topological polar surface area (TPSA) is 0 Å². The molecule has 0 aliphatic carbocycles. The Labute approximate surface area is 49.8 Å². The summed E-state index contributed by atoms with van der Waals surface area (Å²) in [4.78, 5) is 0. The van der Waals surface area contributed by atoms with Gasteiger partial charge in [0.1, 0.15) is 16.3 Å². The summed E-state index contributed by atoms with van der Waals surface area (Å²) < 4.78 is 0. The second kappa shape index (κ2) is 5.53. The highest BCUT2D eigenvalue weighted by atomic mass is 27.0. The summed E-state index contributed by atoms with van der Waals surface area (Å²) in [7, 11) is 0. The molecule has 0 atom stereocenters. The molecule has 0 aromatic heterocycles. The van der Waals surface area contributed by atoms with E-state index in [-0.39, 0.29) is 1.43 Å². The molecule has 0 aromatic carbocycles. The number of hydrogen-bond donors (Lipinski definition) is 0. The zero-order valence-electron chi connectivity index (χ0n) is 4.41. The molecule has 0 N–H and O–H groups in total. The highest BCUT2D eigenvalue weighted by Gasteiger charge is 1.75. The monoisotopic (exact) mass is 100 g/mol. The van der Waals surface area contributed by atoms with Crippen molar-refractivity contribution in [2.45, 2.75) is 31.5 Å². The molecule has 1 heteroatoms. The fraction of sp³-hybridized carbons (Fsp3) is 1.00. The molecular weight excluding hydrogens is 87.0 g/mol. The van der Waals surface area contributed by atoms with E-state index < -0.39 is 0 Å². The molecule has 2 radical (unpaired) electrons. The predicted molar refractivity (Wildman–Crippen MR) is 32.2 cm³/mol. The van der Waals surface area contributed by atoms with Crippen molar-refractivity contribution in [2.75, 3.05) is 0 Å². The van der Waals surface area contributed by atoms with Gasteiger partial charge in [-0.05, 0) is 0 Å². The average molecular weight is 100 g/mol. The predicted octanol–water partition coefficient (Wildman–Crippen LogP) is 2.01. The first kappa shape index (κ1) is 6.53. The third-order valence-electron chi connectivity index (χ3n) is 0.808. The Hall–Kier alpha value is 0.532. The molecule has 0 saturated carbocycles. The third-order valence-corrected chi connectivity index (χ3v) is 1.22. The Morgan fingerprint density at radius 2 is 2.17 bits per heavy atom. The minimum absolute atomic E-state index is 0. The standard InChI is InChI=1S/C5H11.Al.H2/c1-3-5-4-2;;/h1,3-5H2,2H3;;1H. The molecule has 0 saturated heterocycles. The van der Waals surface area contributed by atoms with Gasteiger partial charge in [0.15, 0.2) is 0 Å². The van der Waals surface area contributed by atoms with Crippen LogP contribution in [0.3, 0.4) is 0 Å². The second-order valence-electron chi connectivity index (χ2n) is 1.50. The Morgan fingerprint density at radius 3 is 2.33 bits per heavy atom. The van der Waals surface area contributed by atoms with Gasteiger partial charge in [-0.2, -0.15) is 0 Å². The van der Waals surface area contributed by atoms with Crippen LogP contribution in [0.1, 0.15) is 27.6 Å². The van der Waals surface area contributed by atoms with Gasteiger partial charge in [0.05, 0.1) is 0 Å². The largest absolute Gasteiger partial charge is 0.118 e. The van der Waals surface area contributed by atoms with Crippen LogP contribution >= 0.6 is 0 Å². The van der Waals surface area contributed by atoms with E-state index >= 15 is 0 Å². The van der Waals surface area contributed by atoms with Crippen molar-refractivity contribution in [1.82, 2.24) is 0 Å². The molecule has 0 bridgehead atoms. The number of rotatable bonds is 3. The molecule has 0 amide bonds. The van der Waals surface area contributed by atoms with E-state index in [1.807, 2.05) is 0 Å². The van der Waals surface area contributed by atoms with Crippen molar-refractivity contribution < 1.29 is 1.43 Å². The van der Waals surface area contributed by atoms with Crippen molar-refractivity contribution in [2.24, 2.45) is 0 Å². The Morgan fingerprint density at radius 1 is 1.50 bits per heavy atom. The first-order chi connectivity index (χ1) is 2.91. The van der Waals surface area contributed by atoms with Crippen LogP contribution in [0.25, 0.3) is 0 Å². The maximum absolute atomic E-state index is 2.73. The van der Waals surface area contributed by atoms with Crippen LogP contribution in [0.4, 0.5) is 0 Å². The molecule has 0 aliphatic rings. The van der Waals surface area contributed by atoms with Crippen molar-refractivity contribution in [3.63, 3.8) is 0 Å². The summed E-state index contributed by atoms with van der Waals surface area (Å²) in [6.07, 6.45) is 4.11. The van der Waals surface area contributed by atoms with Gasteiger partial charge in [0.2, 0.25) is 0 Å². The number of unbranched alkanes of at least 4 members (excludes halogenated alkanes) is 2. The zero-order valence-corrected chi connectivity index (χ0v) is 5.56. The highest BCUT2D eigenvalue weighted by molar-refractivity contribution is 6.08. The van der Waals surface area contributed by atoms with Crippen LogP contribution in [0.5, 0.6) is 0 Å². The van der Waals surface area contributed by atoms with Gasteiger partial charge in [-0.1, -0.05) is 26.2 Å². The summed E-state index contributed by atoms with van der Waals surface area (Å²) in [5.74, 6) is 0. The van der Waals surface area contributed by atoms with E-state index in [0.29, 0.717) is 0 Å². The van der Waals surface area contributed by atoms with Gasteiger partial charge in [-0.3, -0.25) is 0 Å². The van der Waals surface area contributed by atoms with E-state index in [4.69, 9.17) is 0 Å². The van der Waals surface area contributed by atoms with E-state index in [1.54, 1.807) is 0 Å². The third kappa shape index (κ3) is 4.53. The average Bonchev–Trinajstić information content (AvgIpc) is 1.61. The van der Waals surface area contributed by atoms with Gasteiger partial charge in [-0.25, -0.2) is 0 Å². The van der Waals surface area contributed by atoms with Crippen LogP contribution in [-0.2, 0) is 0 Å². The molecule has 0 unspecified atom stereocenters. The Bertz CT molecular complexity index is 20.0. The van der Waals surface area contributed by atoms with Gasteiger partial charge in [0.25, 0.3) is 0 Å². The molecule has 0 aliphatic heterocycles. The molecule has 36 valence electrons. The first-order valence-corrected chi connectivity index (χ1v) is 3.43. The molecule has 6 heavy (non-hydrogen) atoms. The quantitative estimate of drug-likeness (QED) is 0.376. The van der Waals surface area contributed by atoms with Gasteiger partial charge >= 0.3 is 0 Å². The first-order valence-electron chi connectivity index (χ1n) is 2.62. The lowest BCUT2D eigenvalue weighted by Crippen LogP contribution is -1.69. The lowest BCUT2D eigenvalue weighted by molar-refractivity contribution is 0.771. The molecule has 0 fully saturated rings. The summed E-state index contributed by atoms with van der Waals surface area (Å²) >= 11 is 2.73. The molecular formula is C5H13Al. The van der Waals surface area contributed by atoms with E-state index in [1.165, 1.54) is 24.5 Å². The Balaban J connectivity index is 0. The van der Waals surface area contributed by atoms with Crippen molar-refractivity contribution >= 4 is 16.3 Å². The lowest BCUT2D eigenvalue weighted by Gasteiger charge is -1.86. The van der Waals surface area contributed by atoms with Gasteiger partial charge in [-0.15, -0.1) is 5.28 Å². The summed E-state index contributed by atoms with van der Waals surface area (Å²) in [6.45, 7) is 2.22. The fourth-order valence-corrected chi connectivity index (χ4v) is 0.683. The molecule has 0 aromatic rings. The van der Waals surface area contributed by atoms with E-state index in [9.17, 15) is 0 Å². The maximum Gasteiger partial charge on any atom is 0.118 e. The summed E-state index contributed by atoms with van der Waals surface area (Å²) in [5, 5.41) is 1.27. The Kier molecular flexibility index (Phi) is 6.02. The van der Waals surface area contributed by atoms with E-state index in [0.717, 1.165) is 0 Å². The van der Waals surface area contributed by atoms with Crippen LogP contribution < -0.4 is 0 Å². The number of hydrogen-bond acceptors (Lipinski definition) is 0. The molecule has 0 spiro atoms. The smallest absolute Gasteiger partial charge is 0.118 e. The van der Waals surface area contributed by atoms with Crippen LogP contribution in [-0.4, -0.2) is 16.3 Å². The maximum atomic E-state index is 2.73.